The van der Waals surface area contributed by atoms with Crippen molar-refractivity contribution < 1.29 is 18.7 Å². The van der Waals surface area contributed by atoms with E-state index in [-0.39, 0.29) is 18.3 Å². The van der Waals surface area contributed by atoms with Crippen LogP contribution in [-0.4, -0.2) is 50.3 Å². The first-order valence-electron chi connectivity index (χ1n) is 7.18. The Kier molecular flexibility index (Phi) is 5.95. The average molecular weight is 296 g/mol. The van der Waals surface area contributed by atoms with Gasteiger partial charge in [0.2, 0.25) is 0 Å². The van der Waals surface area contributed by atoms with Gasteiger partial charge in [-0.1, -0.05) is 13.0 Å². The molecule has 1 aromatic rings. The van der Waals surface area contributed by atoms with E-state index in [1.54, 1.807) is 17.0 Å². The number of hydrogen-bond acceptors (Lipinski definition) is 4. The Bertz CT molecular complexity index is 476. The van der Waals surface area contributed by atoms with Crippen LogP contribution in [0.4, 0.5) is 4.39 Å². The summed E-state index contributed by atoms with van der Waals surface area (Å²) in [6.07, 6.45) is 0. The summed E-state index contributed by atoms with van der Waals surface area (Å²) in [7, 11) is 0. The summed E-state index contributed by atoms with van der Waals surface area (Å²) in [5.41, 5.74) is 0.848. The van der Waals surface area contributed by atoms with E-state index in [1.807, 2.05) is 6.92 Å². The fourth-order valence-electron chi connectivity index (χ4n) is 2.08. The van der Waals surface area contributed by atoms with Crippen LogP contribution in [0.15, 0.2) is 18.2 Å². The number of nitrogens with zero attached hydrogens (tertiary/aromatic N) is 1. The molecule has 0 atom stereocenters. The second-order valence-electron chi connectivity index (χ2n) is 4.83. The van der Waals surface area contributed by atoms with Gasteiger partial charge in [-0.25, -0.2) is 4.39 Å². The zero-order valence-electron chi connectivity index (χ0n) is 12.2. The highest BCUT2D eigenvalue weighted by molar-refractivity contribution is 5.77. The van der Waals surface area contributed by atoms with Crippen LogP contribution in [0, 0.1) is 5.82 Å². The molecule has 0 unspecified atom stereocenters. The first-order chi connectivity index (χ1) is 10.2. The van der Waals surface area contributed by atoms with Gasteiger partial charge in [0.05, 0.1) is 13.2 Å². The Hall–Kier alpha value is -1.66. The van der Waals surface area contributed by atoms with E-state index in [9.17, 15) is 9.18 Å². The lowest BCUT2D eigenvalue weighted by atomic mass is 10.2. The van der Waals surface area contributed by atoms with Crippen LogP contribution in [0.3, 0.4) is 0 Å². The molecule has 0 saturated carbocycles. The third-order valence-corrected chi connectivity index (χ3v) is 3.29. The maximum atomic E-state index is 13.9. The second kappa shape index (κ2) is 7.95. The highest BCUT2D eigenvalue weighted by Gasteiger charge is 2.17. The first kappa shape index (κ1) is 15.7. The fourth-order valence-corrected chi connectivity index (χ4v) is 2.08. The second-order valence-corrected chi connectivity index (χ2v) is 4.83. The molecule has 5 nitrogen and oxygen atoms in total. The third kappa shape index (κ3) is 4.68. The van der Waals surface area contributed by atoms with E-state index in [1.165, 1.54) is 6.07 Å². The average Bonchev–Trinajstić information content (AvgIpc) is 2.52. The van der Waals surface area contributed by atoms with E-state index >= 15 is 0 Å². The van der Waals surface area contributed by atoms with Crippen molar-refractivity contribution in [2.24, 2.45) is 0 Å². The lowest BCUT2D eigenvalue weighted by Crippen LogP contribution is -2.43. The van der Waals surface area contributed by atoms with Crippen LogP contribution >= 0.6 is 0 Å². The van der Waals surface area contributed by atoms with Crippen molar-refractivity contribution in [2.75, 3.05) is 39.5 Å². The molecule has 0 aliphatic carbocycles. The topological polar surface area (TPSA) is 50.8 Å². The van der Waals surface area contributed by atoms with Crippen LogP contribution in [-0.2, 0) is 16.1 Å². The van der Waals surface area contributed by atoms with Gasteiger partial charge in [0.25, 0.3) is 5.91 Å². The largest absolute Gasteiger partial charge is 0.481 e. The molecule has 1 heterocycles. The molecular formula is C15H21FN2O3. The number of benzene rings is 1. The summed E-state index contributed by atoms with van der Waals surface area (Å²) >= 11 is 0. The number of rotatable bonds is 6. The number of nitrogens with one attached hydrogen (secondary N) is 1. The SMILES string of the molecule is CCNCc1ccc(OCC(=O)N2CCOCC2)c(F)c1. The van der Waals surface area contributed by atoms with Gasteiger partial charge in [-0.2, -0.15) is 0 Å². The number of carbonyl (C=O) groups excluding carboxylic acids is 1. The van der Waals surface area contributed by atoms with Gasteiger partial charge in [-0.3, -0.25) is 4.79 Å². The molecule has 0 radical (unpaired) electrons. The molecule has 6 heteroatoms. The van der Waals surface area contributed by atoms with Crippen molar-refractivity contribution in [3.05, 3.63) is 29.6 Å². The molecular weight excluding hydrogens is 275 g/mol. The first-order valence-corrected chi connectivity index (χ1v) is 7.18. The molecule has 1 aliphatic heterocycles. The van der Waals surface area contributed by atoms with E-state index in [4.69, 9.17) is 9.47 Å². The number of hydrogen-bond donors (Lipinski definition) is 1. The van der Waals surface area contributed by atoms with Gasteiger partial charge in [0, 0.05) is 19.6 Å². The minimum atomic E-state index is -0.444. The lowest BCUT2D eigenvalue weighted by molar-refractivity contribution is -0.137. The highest BCUT2D eigenvalue weighted by atomic mass is 19.1. The smallest absolute Gasteiger partial charge is 0.260 e. The van der Waals surface area contributed by atoms with Crippen molar-refractivity contribution in [2.45, 2.75) is 13.5 Å². The van der Waals surface area contributed by atoms with E-state index in [0.29, 0.717) is 32.8 Å². The molecule has 21 heavy (non-hydrogen) atoms. The highest BCUT2D eigenvalue weighted by Crippen LogP contribution is 2.18. The summed E-state index contributed by atoms with van der Waals surface area (Å²) in [6, 6.07) is 4.78. The van der Waals surface area contributed by atoms with E-state index in [0.717, 1.165) is 12.1 Å². The quantitative estimate of drug-likeness (QED) is 0.856. The normalized spacial score (nSPS) is 15.0. The number of amides is 1. The van der Waals surface area contributed by atoms with Crippen LogP contribution in [0.2, 0.25) is 0 Å². The molecule has 116 valence electrons. The molecule has 0 bridgehead atoms. The molecule has 1 aliphatic rings. The van der Waals surface area contributed by atoms with Gasteiger partial charge < -0.3 is 19.7 Å². The summed E-state index contributed by atoms with van der Waals surface area (Å²) in [5, 5.41) is 3.12. The van der Waals surface area contributed by atoms with Crippen molar-refractivity contribution >= 4 is 5.91 Å². The lowest BCUT2D eigenvalue weighted by Gasteiger charge is -2.26. The number of halogens is 1. The summed E-state index contributed by atoms with van der Waals surface area (Å²) in [4.78, 5) is 13.6. The molecule has 1 saturated heterocycles. The zero-order chi connectivity index (χ0) is 15.1. The predicted molar refractivity (Wildman–Crippen MR) is 76.7 cm³/mol. The van der Waals surface area contributed by atoms with Gasteiger partial charge in [0.1, 0.15) is 0 Å². The molecule has 2 rings (SSSR count). The van der Waals surface area contributed by atoms with Gasteiger partial charge in [-0.05, 0) is 24.2 Å². The fraction of sp³-hybridized carbons (Fsp3) is 0.533. The van der Waals surface area contributed by atoms with Crippen LogP contribution in [0.1, 0.15) is 12.5 Å². The summed E-state index contributed by atoms with van der Waals surface area (Å²) < 4.78 is 24.3. The Labute approximate surface area is 124 Å². The molecule has 1 N–H and O–H groups in total. The number of ether oxygens (including phenoxy) is 2. The Morgan fingerprint density at radius 3 is 2.86 bits per heavy atom. The van der Waals surface area contributed by atoms with Crippen LogP contribution in [0.25, 0.3) is 0 Å². The minimum absolute atomic E-state index is 0.108. The Morgan fingerprint density at radius 1 is 1.43 bits per heavy atom. The Balaban J connectivity index is 1.86. The van der Waals surface area contributed by atoms with E-state index < -0.39 is 5.82 Å². The summed E-state index contributed by atoms with van der Waals surface area (Å²) in [5.74, 6) is -0.480. The van der Waals surface area contributed by atoms with Gasteiger partial charge >= 0.3 is 0 Å². The maximum absolute atomic E-state index is 13.9. The standard InChI is InChI=1S/C15H21FN2O3/c1-2-17-10-12-3-4-14(13(16)9-12)21-11-15(19)18-5-7-20-8-6-18/h3-4,9,17H,2,5-8,10-11H2,1H3. The monoisotopic (exact) mass is 296 g/mol. The third-order valence-electron chi connectivity index (χ3n) is 3.29. The van der Waals surface area contributed by atoms with Crippen LogP contribution in [0.5, 0.6) is 5.75 Å². The van der Waals surface area contributed by atoms with Crippen molar-refractivity contribution in [3.63, 3.8) is 0 Å². The van der Waals surface area contributed by atoms with Gasteiger partial charge in [0.15, 0.2) is 18.2 Å². The van der Waals surface area contributed by atoms with Crippen molar-refractivity contribution in [3.8, 4) is 5.75 Å². The van der Waals surface area contributed by atoms with Crippen molar-refractivity contribution in [1.29, 1.82) is 0 Å². The molecule has 1 amide bonds. The number of carbonyl (C=O) groups is 1. The molecule has 0 aromatic heterocycles. The number of morpholine rings is 1. The Morgan fingerprint density at radius 2 is 2.19 bits per heavy atom. The molecule has 1 fully saturated rings. The van der Waals surface area contributed by atoms with Crippen LogP contribution < -0.4 is 10.1 Å². The summed E-state index contributed by atoms with van der Waals surface area (Å²) in [6.45, 7) is 5.49. The van der Waals surface area contributed by atoms with E-state index in [2.05, 4.69) is 5.32 Å². The predicted octanol–water partition coefficient (Wildman–Crippen LogP) is 1.17. The minimum Gasteiger partial charge on any atom is -0.481 e. The zero-order valence-corrected chi connectivity index (χ0v) is 12.2. The molecule has 0 spiro atoms. The maximum Gasteiger partial charge on any atom is 0.260 e. The van der Waals surface area contributed by atoms with Crippen molar-refractivity contribution in [1.82, 2.24) is 10.2 Å². The molecule has 1 aromatic carbocycles. The van der Waals surface area contributed by atoms with Gasteiger partial charge in [-0.15, -0.1) is 0 Å².